The van der Waals surface area contributed by atoms with E-state index in [1.54, 1.807) is 13.8 Å². The molecular weight excluding hydrogens is 313 g/mol. The molecule has 1 rings (SSSR count). The number of benzene rings is 1. The summed E-state index contributed by atoms with van der Waals surface area (Å²) in [7, 11) is 0. The van der Waals surface area contributed by atoms with E-state index in [0.29, 0.717) is 18.4 Å². The Kier molecular flexibility index (Phi) is 6.18. The van der Waals surface area contributed by atoms with E-state index < -0.39 is 17.7 Å². The molecule has 0 bridgehead atoms. The van der Waals surface area contributed by atoms with Gasteiger partial charge in [0.15, 0.2) is 0 Å². The van der Waals surface area contributed by atoms with Crippen LogP contribution in [0, 0.1) is 5.41 Å². The second-order valence-electron chi connectivity index (χ2n) is 5.38. The molecule has 0 saturated heterocycles. The smallest absolute Gasteiger partial charge is 0.481 e. The number of carbonyl (C=O) groups is 2. The fraction of sp³-hybridized carbons (Fsp3) is 0.500. The normalized spacial score (nSPS) is 12.0. The molecule has 0 amide bonds. The van der Waals surface area contributed by atoms with Crippen LogP contribution in [0.5, 0.6) is 5.75 Å². The van der Waals surface area contributed by atoms with E-state index in [0.717, 1.165) is 12.1 Å². The molecule has 0 unspecified atom stereocenters. The van der Waals surface area contributed by atoms with Crippen molar-refractivity contribution in [2.45, 2.75) is 45.9 Å². The third-order valence-corrected chi connectivity index (χ3v) is 3.90. The maximum atomic E-state index is 12.1. The summed E-state index contributed by atoms with van der Waals surface area (Å²) in [6, 6.07) is 4.97. The molecule has 7 heteroatoms. The minimum Gasteiger partial charge on any atom is -0.481 e. The first kappa shape index (κ1) is 19.0. The van der Waals surface area contributed by atoms with Gasteiger partial charge in [0.05, 0.1) is 5.41 Å². The van der Waals surface area contributed by atoms with Gasteiger partial charge in [-0.1, -0.05) is 26.0 Å². The lowest BCUT2D eigenvalue weighted by Crippen LogP contribution is -2.32. The maximum absolute atomic E-state index is 12.1. The van der Waals surface area contributed by atoms with Crippen LogP contribution in [-0.2, 0) is 16.0 Å². The zero-order valence-electron chi connectivity index (χ0n) is 12.9. The topological polar surface area (TPSA) is 63.6 Å². The molecule has 0 aromatic heterocycles. The molecule has 1 aromatic rings. The number of ether oxygens (including phenoxy) is 1. The van der Waals surface area contributed by atoms with Crippen LogP contribution in [0.15, 0.2) is 24.3 Å². The maximum Gasteiger partial charge on any atom is 0.573 e. The summed E-state index contributed by atoms with van der Waals surface area (Å²) in [6.45, 7) is 3.43. The number of ketones is 1. The van der Waals surface area contributed by atoms with Crippen molar-refractivity contribution in [3.05, 3.63) is 29.8 Å². The summed E-state index contributed by atoms with van der Waals surface area (Å²) < 4.78 is 39.9. The van der Waals surface area contributed by atoms with E-state index >= 15 is 0 Å². The summed E-state index contributed by atoms with van der Waals surface area (Å²) in [4.78, 5) is 23.5. The minimum atomic E-state index is -4.76. The molecule has 0 aliphatic carbocycles. The van der Waals surface area contributed by atoms with Crippen LogP contribution < -0.4 is 4.74 Å². The number of aliphatic carboxylic acids is 1. The van der Waals surface area contributed by atoms with Gasteiger partial charge in [0.25, 0.3) is 0 Å². The highest BCUT2D eigenvalue weighted by Crippen LogP contribution is 2.32. The number of alkyl halides is 3. The predicted octanol–water partition coefficient (Wildman–Crippen LogP) is 3.98. The average Bonchev–Trinajstić information content (AvgIpc) is 2.45. The molecule has 1 aromatic carbocycles. The number of carboxylic acids is 1. The lowest BCUT2D eigenvalue weighted by molar-refractivity contribution is -0.274. The Bertz CT molecular complexity index is 545. The van der Waals surface area contributed by atoms with Crippen molar-refractivity contribution >= 4 is 11.8 Å². The van der Waals surface area contributed by atoms with E-state index in [1.165, 1.54) is 12.1 Å². The molecule has 0 heterocycles. The van der Waals surface area contributed by atoms with Gasteiger partial charge >= 0.3 is 12.3 Å². The fourth-order valence-electron chi connectivity index (χ4n) is 2.35. The van der Waals surface area contributed by atoms with E-state index in [-0.39, 0.29) is 24.4 Å². The Morgan fingerprint density at radius 2 is 1.61 bits per heavy atom. The van der Waals surface area contributed by atoms with Gasteiger partial charge in [0, 0.05) is 12.8 Å². The standard InChI is InChI=1S/C16H19F3O4/c1-3-15(4-2,14(21)22)10-12(20)9-11-5-7-13(8-6-11)23-16(17,18)19/h5-8H,3-4,9-10H2,1-2H3,(H,21,22). The lowest BCUT2D eigenvalue weighted by atomic mass is 9.77. The Morgan fingerprint density at radius 3 is 2.00 bits per heavy atom. The van der Waals surface area contributed by atoms with Crippen LogP contribution in [0.25, 0.3) is 0 Å². The minimum absolute atomic E-state index is 0.0265. The van der Waals surface area contributed by atoms with Crippen molar-refractivity contribution in [2.75, 3.05) is 0 Å². The second kappa shape index (κ2) is 7.48. The van der Waals surface area contributed by atoms with Gasteiger partial charge in [-0.2, -0.15) is 0 Å². The van der Waals surface area contributed by atoms with Gasteiger partial charge in [-0.05, 0) is 30.5 Å². The molecule has 0 radical (unpaired) electrons. The van der Waals surface area contributed by atoms with Crippen molar-refractivity contribution in [2.24, 2.45) is 5.41 Å². The number of hydrogen-bond acceptors (Lipinski definition) is 3. The quantitative estimate of drug-likeness (QED) is 0.782. The lowest BCUT2D eigenvalue weighted by Gasteiger charge is -2.25. The first-order valence-electron chi connectivity index (χ1n) is 7.21. The SMILES string of the molecule is CCC(CC)(CC(=O)Cc1ccc(OC(F)(F)F)cc1)C(=O)O. The number of carbonyl (C=O) groups excluding carboxylic acids is 1. The zero-order valence-corrected chi connectivity index (χ0v) is 12.9. The highest BCUT2D eigenvalue weighted by Gasteiger charge is 2.36. The molecule has 0 atom stereocenters. The molecular formula is C16H19F3O4. The Morgan fingerprint density at radius 1 is 1.09 bits per heavy atom. The molecule has 0 aliphatic heterocycles. The van der Waals surface area contributed by atoms with Crippen molar-refractivity contribution in [1.29, 1.82) is 0 Å². The monoisotopic (exact) mass is 332 g/mol. The Hall–Kier alpha value is -2.05. The van der Waals surface area contributed by atoms with Crippen LogP contribution in [0.3, 0.4) is 0 Å². The van der Waals surface area contributed by atoms with Crippen LogP contribution >= 0.6 is 0 Å². The van der Waals surface area contributed by atoms with Crippen LogP contribution in [0.4, 0.5) is 13.2 Å². The summed E-state index contributed by atoms with van der Waals surface area (Å²) in [5.41, 5.74) is -0.577. The van der Waals surface area contributed by atoms with Crippen LogP contribution in [0.1, 0.15) is 38.7 Å². The summed E-state index contributed by atoms with van der Waals surface area (Å²) in [6.07, 6.45) is -4.22. The number of rotatable bonds is 8. The zero-order chi connectivity index (χ0) is 17.7. The van der Waals surface area contributed by atoms with Crippen LogP contribution in [-0.4, -0.2) is 23.2 Å². The number of hydrogen-bond donors (Lipinski definition) is 1. The highest BCUT2D eigenvalue weighted by atomic mass is 19.4. The molecule has 0 spiro atoms. The van der Waals surface area contributed by atoms with Gasteiger partial charge in [-0.3, -0.25) is 9.59 Å². The molecule has 0 saturated carbocycles. The molecule has 4 nitrogen and oxygen atoms in total. The molecule has 1 N–H and O–H groups in total. The number of halogens is 3. The number of Topliss-reactive ketones (excluding diaryl/α,β-unsaturated/α-hetero) is 1. The van der Waals surface area contributed by atoms with Gasteiger partial charge in [0.1, 0.15) is 11.5 Å². The van der Waals surface area contributed by atoms with Gasteiger partial charge in [-0.25, -0.2) is 0 Å². The first-order chi connectivity index (χ1) is 10.6. The van der Waals surface area contributed by atoms with Crippen molar-refractivity contribution in [3.8, 4) is 5.75 Å². The molecule has 23 heavy (non-hydrogen) atoms. The van der Waals surface area contributed by atoms with Crippen molar-refractivity contribution < 1.29 is 32.6 Å². The third-order valence-electron chi connectivity index (χ3n) is 3.90. The summed E-state index contributed by atoms with van der Waals surface area (Å²) in [5.74, 6) is -1.64. The molecule has 0 fully saturated rings. The van der Waals surface area contributed by atoms with Crippen molar-refractivity contribution in [1.82, 2.24) is 0 Å². The summed E-state index contributed by atoms with van der Waals surface area (Å²) in [5, 5.41) is 9.31. The Balaban J connectivity index is 2.72. The Labute approximate surface area is 132 Å². The van der Waals surface area contributed by atoms with Crippen molar-refractivity contribution in [3.63, 3.8) is 0 Å². The van der Waals surface area contributed by atoms with E-state index in [9.17, 15) is 27.9 Å². The first-order valence-corrected chi connectivity index (χ1v) is 7.21. The van der Waals surface area contributed by atoms with Gasteiger partial charge in [0.2, 0.25) is 0 Å². The van der Waals surface area contributed by atoms with E-state index in [1.807, 2.05) is 0 Å². The van der Waals surface area contributed by atoms with Crippen LogP contribution in [0.2, 0.25) is 0 Å². The number of carboxylic acid groups (broad SMARTS) is 1. The molecule has 128 valence electrons. The third kappa shape index (κ3) is 5.58. The van der Waals surface area contributed by atoms with Gasteiger partial charge < -0.3 is 9.84 Å². The summed E-state index contributed by atoms with van der Waals surface area (Å²) >= 11 is 0. The second-order valence-corrected chi connectivity index (χ2v) is 5.38. The largest absolute Gasteiger partial charge is 0.573 e. The predicted molar refractivity (Wildman–Crippen MR) is 77.1 cm³/mol. The van der Waals surface area contributed by atoms with E-state index in [4.69, 9.17) is 0 Å². The fourth-order valence-corrected chi connectivity index (χ4v) is 2.35. The molecule has 0 aliphatic rings. The highest BCUT2D eigenvalue weighted by molar-refractivity contribution is 5.87. The van der Waals surface area contributed by atoms with E-state index in [2.05, 4.69) is 4.74 Å². The van der Waals surface area contributed by atoms with Gasteiger partial charge in [-0.15, -0.1) is 13.2 Å². The average molecular weight is 332 g/mol.